The van der Waals surface area contributed by atoms with E-state index in [1.165, 1.54) is 13.8 Å². The number of benzene rings is 1. The first-order valence-electron chi connectivity index (χ1n) is 8.32. The van der Waals surface area contributed by atoms with Gasteiger partial charge in [-0.15, -0.1) is 0 Å². The molecule has 1 saturated heterocycles. The molecule has 0 unspecified atom stereocenters. The quantitative estimate of drug-likeness (QED) is 0.437. The molecule has 1 heterocycles. The molecule has 1 fully saturated rings. The maximum Gasteiger partial charge on any atom is 0.416 e. The number of ketones is 1. The third-order valence-corrected chi connectivity index (χ3v) is 4.53. The third-order valence-electron chi connectivity index (χ3n) is 4.53. The van der Waals surface area contributed by atoms with Crippen LogP contribution in [-0.2, 0) is 20.5 Å². The van der Waals surface area contributed by atoms with Gasteiger partial charge in [0.15, 0.2) is 11.9 Å². The summed E-state index contributed by atoms with van der Waals surface area (Å²) in [7, 11) is 0. The molecule has 27 heavy (non-hydrogen) atoms. The second-order valence-corrected chi connectivity index (χ2v) is 6.41. The lowest BCUT2D eigenvalue weighted by Gasteiger charge is -2.32. The molecule has 1 aromatic carbocycles. The van der Waals surface area contributed by atoms with Crippen LogP contribution in [0.1, 0.15) is 32.3 Å². The van der Waals surface area contributed by atoms with Crippen molar-refractivity contribution < 1.29 is 32.4 Å². The Balaban J connectivity index is 2.10. The molecule has 1 atom stereocenters. The van der Waals surface area contributed by atoms with Crippen molar-refractivity contribution in [3.05, 3.63) is 33.9 Å². The van der Waals surface area contributed by atoms with Crippen LogP contribution in [0.25, 0.3) is 0 Å². The Kier molecular flexibility index (Phi) is 6.07. The fourth-order valence-corrected chi connectivity index (χ4v) is 2.82. The van der Waals surface area contributed by atoms with Gasteiger partial charge in [0.2, 0.25) is 0 Å². The van der Waals surface area contributed by atoms with Gasteiger partial charge in [0.05, 0.1) is 16.4 Å². The van der Waals surface area contributed by atoms with Crippen molar-refractivity contribution in [1.82, 2.24) is 0 Å². The zero-order chi connectivity index (χ0) is 20.4. The van der Waals surface area contributed by atoms with Crippen LogP contribution in [0.15, 0.2) is 18.2 Å². The average Bonchev–Trinajstić information content (AvgIpc) is 2.60. The lowest BCUT2D eigenvalue weighted by molar-refractivity contribution is -0.384. The monoisotopic (exact) mass is 388 g/mol. The molecule has 2 rings (SSSR count). The summed E-state index contributed by atoms with van der Waals surface area (Å²) < 4.78 is 43.5. The molecular weight excluding hydrogens is 369 g/mol. The van der Waals surface area contributed by atoms with Gasteiger partial charge in [-0.25, -0.2) is 0 Å². The number of halogens is 3. The normalized spacial score (nSPS) is 16.7. The van der Waals surface area contributed by atoms with Gasteiger partial charge in [-0.2, -0.15) is 13.2 Å². The van der Waals surface area contributed by atoms with Crippen molar-refractivity contribution in [3.8, 4) is 0 Å². The molecule has 1 aliphatic rings. The summed E-state index contributed by atoms with van der Waals surface area (Å²) in [4.78, 5) is 35.2. The number of nitrogens with zero attached hydrogens (tertiary/aromatic N) is 2. The number of carbonyl (C=O) groups is 2. The Bertz CT molecular complexity index is 743. The van der Waals surface area contributed by atoms with Crippen molar-refractivity contribution in [3.63, 3.8) is 0 Å². The summed E-state index contributed by atoms with van der Waals surface area (Å²) in [5.41, 5.74) is -1.64. The molecule has 0 aromatic heterocycles. The van der Waals surface area contributed by atoms with Crippen molar-refractivity contribution in [2.45, 2.75) is 39.0 Å². The third kappa shape index (κ3) is 4.95. The van der Waals surface area contributed by atoms with Gasteiger partial charge in [-0.3, -0.25) is 19.7 Å². The van der Waals surface area contributed by atoms with Gasteiger partial charge in [0, 0.05) is 19.2 Å². The second kappa shape index (κ2) is 7.93. The van der Waals surface area contributed by atoms with Gasteiger partial charge in [0.25, 0.3) is 5.69 Å². The largest absolute Gasteiger partial charge is 0.454 e. The van der Waals surface area contributed by atoms with Gasteiger partial charge in [-0.1, -0.05) is 0 Å². The molecule has 0 saturated carbocycles. The molecule has 0 N–H and O–H groups in total. The maximum absolute atomic E-state index is 12.8. The number of hydrogen-bond acceptors (Lipinski definition) is 6. The van der Waals surface area contributed by atoms with Crippen LogP contribution in [-0.4, -0.2) is 35.9 Å². The Morgan fingerprint density at radius 2 is 1.89 bits per heavy atom. The Morgan fingerprint density at radius 1 is 1.30 bits per heavy atom. The number of anilines is 1. The van der Waals surface area contributed by atoms with E-state index in [4.69, 9.17) is 4.74 Å². The van der Waals surface area contributed by atoms with Gasteiger partial charge in [-0.05, 0) is 38.8 Å². The standard InChI is InChI=1S/C17H19F3N2O5/c1-10(23)11(2)27-16(24)12-5-7-21(8-6-12)14-4-3-13(17(18,19)20)9-15(14)22(25)26/h3-4,9,11-12H,5-8H2,1-2H3/t11-/m0/s1. The Morgan fingerprint density at radius 3 is 2.37 bits per heavy atom. The summed E-state index contributed by atoms with van der Waals surface area (Å²) in [5, 5.41) is 11.2. The topological polar surface area (TPSA) is 89.8 Å². The molecule has 10 heteroatoms. The number of ether oxygens (including phenoxy) is 1. The van der Waals surface area contributed by atoms with Crippen LogP contribution < -0.4 is 4.90 Å². The predicted molar refractivity (Wildman–Crippen MR) is 89.3 cm³/mol. The van der Waals surface area contributed by atoms with E-state index in [-0.39, 0.29) is 24.6 Å². The zero-order valence-corrected chi connectivity index (χ0v) is 14.8. The summed E-state index contributed by atoms with van der Waals surface area (Å²) in [6, 6.07) is 2.40. The highest BCUT2D eigenvalue weighted by Gasteiger charge is 2.35. The molecule has 148 valence electrons. The number of esters is 1. The molecule has 7 nitrogen and oxygen atoms in total. The summed E-state index contributed by atoms with van der Waals surface area (Å²) in [6.07, 6.45) is -4.87. The highest BCUT2D eigenvalue weighted by atomic mass is 19.4. The van der Waals surface area contributed by atoms with E-state index in [0.29, 0.717) is 18.9 Å². The number of piperidine rings is 1. The summed E-state index contributed by atoms with van der Waals surface area (Å²) in [6.45, 7) is 3.28. The first-order chi connectivity index (χ1) is 12.5. The minimum atomic E-state index is -4.67. The molecule has 0 bridgehead atoms. The van der Waals surface area contributed by atoms with E-state index < -0.39 is 40.3 Å². The Hall–Kier alpha value is -2.65. The molecule has 0 amide bonds. The number of Topliss-reactive ketones (excluding diaryl/α,β-unsaturated/α-hetero) is 1. The molecule has 1 aliphatic heterocycles. The van der Waals surface area contributed by atoms with Crippen LogP contribution in [0.4, 0.5) is 24.5 Å². The average molecular weight is 388 g/mol. The first-order valence-corrected chi connectivity index (χ1v) is 8.32. The van der Waals surface area contributed by atoms with E-state index in [9.17, 15) is 32.9 Å². The second-order valence-electron chi connectivity index (χ2n) is 6.41. The van der Waals surface area contributed by atoms with Crippen LogP contribution >= 0.6 is 0 Å². The SMILES string of the molecule is CC(=O)[C@H](C)OC(=O)C1CCN(c2ccc(C(F)(F)F)cc2[N+](=O)[O-])CC1. The number of nitro benzene ring substituents is 1. The predicted octanol–water partition coefficient (Wildman–Crippen LogP) is 3.35. The zero-order valence-electron chi connectivity index (χ0n) is 14.8. The van der Waals surface area contributed by atoms with Crippen LogP contribution in [0.5, 0.6) is 0 Å². The van der Waals surface area contributed by atoms with E-state index in [2.05, 4.69) is 0 Å². The molecule has 0 radical (unpaired) electrons. The fraction of sp³-hybridized carbons (Fsp3) is 0.529. The smallest absolute Gasteiger partial charge is 0.416 e. The first kappa shape index (κ1) is 20.7. The molecular formula is C17H19F3N2O5. The van der Waals surface area contributed by atoms with E-state index in [1.54, 1.807) is 4.90 Å². The van der Waals surface area contributed by atoms with Crippen molar-refractivity contribution in [1.29, 1.82) is 0 Å². The van der Waals surface area contributed by atoms with E-state index in [0.717, 1.165) is 12.1 Å². The Labute approximate surface area is 153 Å². The van der Waals surface area contributed by atoms with Crippen LogP contribution in [0.3, 0.4) is 0 Å². The number of carbonyl (C=O) groups excluding carboxylic acids is 2. The number of rotatable bonds is 5. The number of alkyl halides is 3. The lowest BCUT2D eigenvalue weighted by Crippen LogP contribution is -2.38. The highest BCUT2D eigenvalue weighted by Crippen LogP contribution is 2.37. The fourth-order valence-electron chi connectivity index (χ4n) is 2.82. The summed E-state index contributed by atoms with van der Waals surface area (Å²) >= 11 is 0. The lowest BCUT2D eigenvalue weighted by atomic mass is 9.96. The molecule has 1 aromatic rings. The van der Waals surface area contributed by atoms with Crippen LogP contribution in [0, 0.1) is 16.0 Å². The van der Waals surface area contributed by atoms with E-state index >= 15 is 0 Å². The van der Waals surface area contributed by atoms with Crippen molar-refractivity contribution >= 4 is 23.1 Å². The van der Waals surface area contributed by atoms with Crippen molar-refractivity contribution in [2.24, 2.45) is 5.92 Å². The van der Waals surface area contributed by atoms with Gasteiger partial charge >= 0.3 is 12.1 Å². The molecule has 0 aliphatic carbocycles. The minimum absolute atomic E-state index is 0.0805. The van der Waals surface area contributed by atoms with Gasteiger partial charge in [0.1, 0.15) is 5.69 Å². The highest BCUT2D eigenvalue weighted by molar-refractivity contribution is 5.83. The van der Waals surface area contributed by atoms with E-state index in [1.807, 2.05) is 0 Å². The minimum Gasteiger partial charge on any atom is -0.454 e. The summed E-state index contributed by atoms with van der Waals surface area (Å²) in [5.74, 6) is -1.25. The number of hydrogen-bond donors (Lipinski definition) is 0. The molecule has 0 spiro atoms. The van der Waals surface area contributed by atoms with Gasteiger partial charge < -0.3 is 9.64 Å². The maximum atomic E-state index is 12.8. The number of nitro groups is 1. The van der Waals surface area contributed by atoms with Crippen LogP contribution in [0.2, 0.25) is 0 Å². The van der Waals surface area contributed by atoms with Crippen molar-refractivity contribution in [2.75, 3.05) is 18.0 Å².